The summed E-state index contributed by atoms with van der Waals surface area (Å²) in [6, 6.07) is 0. The Kier molecular flexibility index (Phi) is 7.67. The van der Waals surface area contributed by atoms with E-state index in [1.165, 1.54) is 32.4 Å². The zero-order chi connectivity index (χ0) is 11.8. The van der Waals surface area contributed by atoms with Crippen LogP contribution in [0.15, 0.2) is 0 Å². The van der Waals surface area contributed by atoms with Crippen molar-refractivity contribution in [1.29, 1.82) is 0 Å². The Hall–Kier alpha value is 0.400. The van der Waals surface area contributed by atoms with Crippen LogP contribution < -0.4 is 0 Å². The van der Waals surface area contributed by atoms with Crippen LogP contribution in [0.3, 0.4) is 0 Å². The molecule has 0 aromatic carbocycles. The fraction of sp³-hybridized carbons (Fsp3) is 1.00. The van der Waals surface area contributed by atoms with E-state index in [0.717, 1.165) is 31.0 Å². The van der Waals surface area contributed by atoms with E-state index in [1.807, 2.05) is 0 Å². The molecule has 2 nitrogen and oxygen atoms in total. The van der Waals surface area contributed by atoms with Gasteiger partial charge in [-0.05, 0) is 37.6 Å². The van der Waals surface area contributed by atoms with Crippen molar-refractivity contribution in [1.82, 2.24) is 4.90 Å². The molecule has 1 saturated heterocycles. The van der Waals surface area contributed by atoms with Crippen LogP contribution in [0, 0.1) is 11.8 Å². The van der Waals surface area contributed by atoms with Gasteiger partial charge in [0.2, 0.25) is 0 Å². The lowest BCUT2D eigenvalue weighted by Crippen LogP contribution is -2.37. The summed E-state index contributed by atoms with van der Waals surface area (Å²) < 4.78 is 5.64. The first-order valence-corrected chi connectivity index (χ1v) is 7.70. The van der Waals surface area contributed by atoms with E-state index >= 15 is 0 Å². The zero-order valence-corrected chi connectivity index (χ0v) is 12.3. The molecule has 1 rings (SSSR count). The Morgan fingerprint density at radius 3 is 2.94 bits per heavy atom. The van der Waals surface area contributed by atoms with E-state index in [0.29, 0.717) is 5.92 Å². The fourth-order valence-corrected chi connectivity index (χ4v) is 2.90. The zero-order valence-electron chi connectivity index (χ0n) is 10.8. The standard InChI is InChI=1S/C13H26BrNO/c1-12(2)11-16-9-8-15-7-3-4-13(10-15)5-6-14/h12-13H,3-11H2,1-2H3. The number of hydrogen-bond acceptors (Lipinski definition) is 2. The molecule has 0 amide bonds. The first kappa shape index (κ1) is 14.5. The molecule has 0 saturated carbocycles. The third-order valence-electron chi connectivity index (χ3n) is 3.12. The third kappa shape index (κ3) is 6.21. The molecule has 1 heterocycles. The molecule has 1 aliphatic rings. The summed E-state index contributed by atoms with van der Waals surface area (Å²) in [7, 11) is 0. The molecular weight excluding hydrogens is 266 g/mol. The number of alkyl halides is 1. The minimum atomic E-state index is 0.655. The predicted octanol–water partition coefficient (Wildman–Crippen LogP) is 3.16. The highest BCUT2D eigenvalue weighted by molar-refractivity contribution is 9.09. The molecule has 3 heteroatoms. The molecule has 0 aromatic rings. The Balaban J connectivity index is 2.07. The van der Waals surface area contributed by atoms with Gasteiger partial charge in [0, 0.05) is 25.0 Å². The van der Waals surface area contributed by atoms with E-state index in [1.54, 1.807) is 0 Å². The Labute approximate surface area is 109 Å². The normalized spacial score (nSPS) is 22.9. The van der Waals surface area contributed by atoms with Crippen LogP contribution in [0.5, 0.6) is 0 Å². The van der Waals surface area contributed by atoms with Crippen molar-refractivity contribution in [3.63, 3.8) is 0 Å². The van der Waals surface area contributed by atoms with Crippen LogP contribution >= 0.6 is 15.9 Å². The highest BCUT2D eigenvalue weighted by Crippen LogP contribution is 2.19. The predicted molar refractivity (Wildman–Crippen MR) is 73.2 cm³/mol. The number of piperidine rings is 1. The minimum Gasteiger partial charge on any atom is -0.380 e. The van der Waals surface area contributed by atoms with Gasteiger partial charge in [-0.15, -0.1) is 0 Å². The Bertz CT molecular complexity index is 173. The summed E-state index contributed by atoms with van der Waals surface area (Å²) in [5, 5.41) is 1.15. The van der Waals surface area contributed by atoms with E-state index in [9.17, 15) is 0 Å². The van der Waals surface area contributed by atoms with Crippen LogP contribution in [0.1, 0.15) is 33.1 Å². The molecule has 0 N–H and O–H groups in total. The summed E-state index contributed by atoms with van der Waals surface area (Å²) in [4.78, 5) is 2.57. The van der Waals surface area contributed by atoms with Gasteiger partial charge in [0.15, 0.2) is 0 Å². The van der Waals surface area contributed by atoms with Crippen LogP contribution in [-0.4, -0.2) is 43.1 Å². The number of hydrogen-bond donors (Lipinski definition) is 0. The van der Waals surface area contributed by atoms with E-state index < -0.39 is 0 Å². The maximum atomic E-state index is 5.64. The maximum absolute atomic E-state index is 5.64. The quantitative estimate of drug-likeness (QED) is 0.528. The molecule has 0 aromatic heterocycles. The van der Waals surface area contributed by atoms with Crippen LogP contribution in [0.4, 0.5) is 0 Å². The molecule has 0 bridgehead atoms. The van der Waals surface area contributed by atoms with Crippen molar-refractivity contribution in [3.05, 3.63) is 0 Å². The smallest absolute Gasteiger partial charge is 0.0593 e. The van der Waals surface area contributed by atoms with Crippen LogP contribution in [0.25, 0.3) is 0 Å². The molecule has 1 fully saturated rings. The molecule has 1 aliphatic heterocycles. The summed E-state index contributed by atoms with van der Waals surface area (Å²) in [6.07, 6.45) is 4.10. The van der Waals surface area contributed by atoms with Gasteiger partial charge in [0.1, 0.15) is 0 Å². The first-order valence-electron chi connectivity index (χ1n) is 6.58. The fourth-order valence-electron chi connectivity index (χ4n) is 2.26. The lowest BCUT2D eigenvalue weighted by atomic mass is 9.96. The molecule has 1 atom stereocenters. The number of ether oxygens (including phenoxy) is 1. The largest absolute Gasteiger partial charge is 0.380 e. The number of nitrogens with zero attached hydrogens (tertiary/aromatic N) is 1. The van der Waals surface area contributed by atoms with Gasteiger partial charge in [-0.1, -0.05) is 29.8 Å². The van der Waals surface area contributed by atoms with E-state index in [-0.39, 0.29) is 0 Å². The summed E-state index contributed by atoms with van der Waals surface area (Å²) >= 11 is 3.54. The summed E-state index contributed by atoms with van der Waals surface area (Å²) in [5.74, 6) is 1.56. The highest BCUT2D eigenvalue weighted by atomic mass is 79.9. The molecule has 16 heavy (non-hydrogen) atoms. The average molecular weight is 292 g/mol. The Morgan fingerprint density at radius 2 is 2.25 bits per heavy atom. The maximum Gasteiger partial charge on any atom is 0.0593 e. The van der Waals surface area contributed by atoms with Gasteiger partial charge in [-0.3, -0.25) is 0 Å². The third-order valence-corrected chi connectivity index (χ3v) is 3.58. The highest BCUT2D eigenvalue weighted by Gasteiger charge is 2.18. The van der Waals surface area contributed by atoms with Crippen molar-refractivity contribution in [2.75, 3.05) is 38.2 Å². The molecule has 0 radical (unpaired) electrons. The monoisotopic (exact) mass is 291 g/mol. The second kappa shape index (κ2) is 8.48. The van der Waals surface area contributed by atoms with E-state index in [2.05, 4.69) is 34.7 Å². The summed E-state index contributed by atoms with van der Waals surface area (Å²) in [5.41, 5.74) is 0. The van der Waals surface area contributed by atoms with Crippen molar-refractivity contribution in [3.8, 4) is 0 Å². The van der Waals surface area contributed by atoms with Gasteiger partial charge >= 0.3 is 0 Å². The minimum absolute atomic E-state index is 0.655. The number of halogens is 1. The molecule has 0 aliphatic carbocycles. The number of rotatable bonds is 7. The molecule has 96 valence electrons. The van der Waals surface area contributed by atoms with Gasteiger partial charge in [0.05, 0.1) is 6.61 Å². The lowest BCUT2D eigenvalue weighted by Gasteiger charge is -2.32. The first-order chi connectivity index (χ1) is 7.72. The lowest BCUT2D eigenvalue weighted by molar-refractivity contribution is 0.0708. The Morgan fingerprint density at radius 1 is 1.44 bits per heavy atom. The topological polar surface area (TPSA) is 12.5 Å². The summed E-state index contributed by atoms with van der Waals surface area (Å²) in [6.45, 7) is 9.86. The van der Waals surface area contributed by atoms with Gasteiger partial charge in [-0.25, -0.2) is 0 Å². The SMILES string of the molecule is CC(C)COCCN1CCCC(CCBr)C1. The van der Waals surface area contributed by atoms with Crippen molar-refractivity contribution in [2.45, 2.75) is 33.1 Å². The van der Waals surface area contributed by atoms with Crippen molar-refractivity contribution in [2.24, 2.45) is 11.8 Å². The molecule has 1 unspecified atom stereocenters. The second-order valence-corrected chi connectivity index (χ2v) is 6.05. The average Bonchev–Trinajstić information content (AvgIpc) is 2.25. The van der Waals surface area contributed by atoms with E-state index in [4.69, 9.17) is 4.74 Å². The molecule has 0 spiro atoms. The van der Waals surface area contributed by atoms with Gasteiger partial charge < -0.3 is 9.64 Å². The molecular formula is C13H26BrNO. The van der Waals surface area contributed by atoms with Crippen molar-refractivity contribution < 1.29 is 4.74 Å². The van der Waals surface area contributed by atoms with Crippen molar-refractivity contribution >= 4 is 15.9 Å². The number of likely N-dealkylation sites (tertiary alicyclic amines) is 1. The second-order valence-electron chi connectivity index (χ2n) is 5.26. The van der Waals surface area contributed by atoms with Crippen LogP contribution in [0.2, 0.25) is 0 Å². The van der Waals surface area contributed by atoms with Gasteiger partial charge in [-0.2, -0.15) is 0 Å². The van der Waals surface area contributed by atoms with Gasteiger partial charge in [0.25, 0.3) is 0 Å². The van der Waals surface area contributed by atoms with Crippen LogP contribution in [-0.2, 0) is 4.74 Å².